The molecule has 1 unspecified atom stereocenters. The van der Waals surface area contributed by atoms with Gasteiger partial charge in [0.15, 0.2) is 11.5 Å². The summed E-state index contributed by atoms with van der Waals surface area (Å²) in [7, 11) is 1.51. The zero-order valence-electron chi connectivity index (χ0n) is 18.4. The van der Waals surface area contributed by atoms with Gasteiger partial charge < -0.3 is 14.3 Å². The smallest absolute Gasteiger partial charge is 0.294 e. The Hall–Kier alpha value is -4.54. The Bertz CT molecular complexity index is 1560. The minimum Gasteiger partial charge on any atom is -0.503 e. The van der Waals surface area contributed by atoms with Gasteiger partial charge in [0.2, 0.25) is 5.78 Å². The van der Waals surface area contributed by atoms with Crippen molar-refractivity contribution < 1.29 is 23.8 Å². The lowest BCUT2D eigenvalue weighted by atomic mass is 9.94. The highest BCUT2D eigenvalue weighted by Gasteiger charge is 2.45. The van der Waals surface area contributed by atoms with Crippen molar-refractivity contribution in [1.29, 1.82) is 5.26 Å². The average molecular weight is 485 g/mol. The van der Waals surface area contributed by atoms with Gasteiger partial charge in [0.1, 0.15) is 11.3 Å². The molecule has 0 fully saturated rings. The minimum absolute atomic E-state index is 0.0359. The van der Waals surface area contributed by atoms with Gasteiger partial charge in [0, 0.05) is 16.1 Å². The van der Waals surface area contributed by atoms with Crippen molar-refractivity contribution in [2.75, 3.05) is 12.0 Å². The van der Waals surface area contributed by atoms with Gasteiger partial charge in [0.05, 0.1) is 30.4 Å². The molecule has 1 amide bonds. The molecule has 1 atom stereocenters. The molecular formula is C27H17ClN2O5. The fourth-order valence-electron chi connectivity index (χ4n) is 4.19. The second kappa shape index (κ2) is 8.67. The molecule has 3 aromatic carbocycles. The van der Waals surface area contributed by atoms with E-state index in [1.165, 1.54) is 18.1 Å². The van der Waals surface area contributed by atoms with Crippen LogP contribution < -0.4 is 9.64 Å². The quantitative estimate of drug-likeness (QED) is 0.362. The van der Waals surface area contributed by atoms with E-state index in [1.807, 2.05) is 6.07 Å². The van der Waals surface area contributed by atoms with Crippen molar-refractivity contribution in [2.24, 2.45) is 0 Å². The van der Waals surface area contributed by atoms with Crippen molar-refractivity contribution >= 4 is 39.9 Å². The Kier molecular flexibility index (Phi) is 5.51. The second-order valence-electron chi connectivity index (χ2n) is 7.90. The lowest BCUT2D eigenvalue weighted by molar-refractivity contribution is -0.117. The number of nitriles is 1. The van der Waals surface area contributed by atoms with Gasteiger partial charge in [-0.15, -0.1) is 0 Å². The summed E-state index contributed by atoms with van der Waals surface area (Å²) in [5.41, 5.74) is 1.69. The number of nitrogens with zero attached hydrogens (tertiary/aromatic N) is 2. The standard InChI is InChI=1S/C27H17ClN2O5/c1-34-20-4-2-3-16(12-20)24-23(25(31)22-13-17-11-18(28)7-10-21(17)35-22)26(32)27(33)30(24)19-8-5-15(14-29)6-9-19/h2-13,24,32H,1H3. The van der Waals surface area contributed by atoms with Crippen LogP contribution in [0, 0.1) is 11.3 Å². The molecule has 0 saturated heterocycles. The number of aliphatic hydroxyl groups excluding tert-OH is 1. The average Bonchev–Trinajstić information content (AvgIpc) is 3.42. The highest BCUT2D eigenvalue weighted by molar-refractivity contribution is 6.31. The third kappa shape index (κ3) is 3.80. The lowest BCUT2D eigenvalue weighted by Crippen LogP contribution is -2.31. The third-order valence-electron chi connectivity index (χ3n) is 5.84. The van der Waals surface area contributed by atoms with Crippen LogP contribution >= 0.6 is 11.6 Å². The highest BCUT2D eigenvalue weighted by atomic mass is 35.5. The van der Waals surface area contributed by atoms with Crippen molar-refractivity contribution in [2.45, 2.75) is 6.04 Å². The second-order valence-corrected chi connectivity index (χ2v) is 8.33. The van der Waals surface area contributed by atoms with Crippen molar-refractivity contribution in [3.8, 4) is 11.8 Å². The summed E-state index contributed by atoms with van der Waals surface area (Å²) in [6, 6.07) is 20.7. The van der Waals surface area contributed by atoms with E-state index in [-0.39, 0.29) is 11.3 Å². The SMILES string of the molecule is COc1cccc(C2C(C(=O)c3cc4cc(Cl)ccc4o3)=C(O)C(=O)N2c2ccc(C#N)cc2)c1. The van der Waals surface area contributed by atoms with Crippen molar-refractivity contribution in [3.63, 3.8) is 0 Å². The number of halogens is 1. The number of anilines is 1. The summed E-state index contributed by atoms with van der Waals surface area (Å²) < 4.78 is 11.1. The molecule has 2 heterocycles. The van der Waals surface area contributed by atoms with Gasteiger partial charge in [-0.3, -0.25) is 14.5 Å². The van der Waals surface area contributed by atoms with Gasteiger partial charge in [-0.1, -0.05) is 23.7 Å². The van der Waals surface area contributed by atoms with E-state index >= 15 is 0 Å². The number of fused-ring (bicyclic) bond motifs is 1. The normalized spacial score (nSPS) is 15.5. The molecule has 7 nitrogen and oxygen atoms in total. The molecule has 4 aromatic rings. The van der Waals surface area contributed by atoms with Crippen LogP contribution in [-0.2, 0) is 4.79 Å². The fraction of sp³-hybridized carbons (Fsp3) is 0.0741. The van der Waals surface area contributed by atoms with Gasteiger partial charge in [-0.25, -0.2) is 0 Å². The van der Waals surface area contributed by atoms with E-state index < -0.39 is 23.5 Å². The molecular weight excluding hydrogens is 468 g/mol. The fourth-order valence-corrected chi connectivity index (χ4v) is 4.37. The molecule has 1 N–H and O–H groups in total. The van der Waals surface area contributed by atoms with Gasteiger partial charge >= 0.3 is 0 Å². The Morgan fingerprint density at radius 3 is 2.60 bits per heavy atom. The predicted octanol–water partition coefficient (Wildman–Crippen LogP) is 5.75. The number of carbonyl (C=O) groups is 2. The molecule has 0 aliphatic carbocycles. The Balaban J connectivity index is 1.66. The maximum absolute atomic E-state index is 13.7. The predicted molar refractivity (Wildman–Crippen MR) is 130 cm³/mol. The molecule has 0 radical (unpaired) electrons. The number of amides is 1. The first-order chi connectivity index (χ1) is 16.9. The van der Waals surface area contributed by atoms with Gasteiger partial charge in [-0.2, -0.15) is 5.26 Å². The number of rotatable bonds is 5. The van der Waals surface area contributed by atoms with Crippen LogP contribution in [0.5, 0.6) is 5.75 Å². The van der Waals surface area contributed by atoms with E-state index in [1.54, 1.807) is 66.7 Å². The zero-order valence-corrected chi connectivity index (χ0v) is 19.1. The van der Waals surface area contributed by atoms with Crippen LogP contribution in [0.2, 0.25) is 5.02 Å². The number of benzene rings is 3. The first-order valence-corrected chi connectivity index (χ1v) is 10.9. The van der Waals surface area contributed by atoms with Crippen LogP contribution in [0.1, 0.15) is 27.7 Å². The van der Waals surface area contributed by atoms with E-state index in [9.17, 15) is 14.7 Å². The number of ether oxygens (including phenoxy) is 1. The Morgan fingerprint density at radius 2 is 1.89 bits per heavy atom. The number of Topliss-reactive ketones (excluding diaryl/α,β-unsaturated/α-hetero) is 1. The van der Waals surface area contributed by atoms with Crippen LogP contribution in [0.4, 0.5) is 5.69 Å². The number of ketones is 1. The lowest BCUT2D eigenvalue weighted by Gasteiger charge is -2.27. The Labute approximate surface area is 205 Å². The van der Waals surface area contributed by atoms with E-state index in [4.69, 9.17) is 26.0 Å². The molecule has 35 heavy (non-hydrogen) atoms. The van der Waals surface area contributed by atoms with E-state index in [2.05, 4.69) is 0 Å². The maximum Gasteiger partial charge on any atom is 0.294 e. The maximum atomic E-state index is 13.7. The monoisotopic (exact) mass is 484 g/mol. The zero-order chi connectivity index (χ0) is 24.7. The minimum atomic E-state index is -0.963. The number of furan rings is 1. The first-order valence-electron chi connectivity index (χ1n) is 10.6. The Morgan fingerprint density at radius 1 is 1.11 bits per heavy atom. The summed E-state index contributed by atoms with van der Waals surface area (Å²) in [6.07, 6.45) is 0. The van der Waals surface area contributed by atoms with E-state index in [0.717, 1.165) is 0 Å². The molecule has 172 valence electrons. The summed E-state index contributed by atoms with van der Waals surface area (Å²) >= 11 is 6.06. The van der Waals surface area contributed by atoms with Gasteiger partial charge in [0.25, 0.3) is 5.91 Å². The molecule has 0 spiro atoms. The number of hydrogen-bond acceptors (Lipinski definition) is 6. The van der Waals surface area contributed by atoms with Crippen LogP contribution in [-0.4, -0.2) is 23.9 Å². The summed E-state index contributed by atoms with van der Waals surface area (Å²) in [6.45, 7) is 0. The molecule has 0 bridgehead atoms. The van der Waals surface area contributed by atoms with Crippen LogP contribution in [0.15, 0.2) is 88.5 Å². The number of aliphatic hydroxyl groups is 1. The number of carbonyl (C=O) groups excluding carboxylic acids is 2. The molecule has 1 aliphatic heterocycles. The molecule has 0 saturated carbocycles. The molecule has 1 aromatic heterocycles. The van der Waals surface area contributed by atoms with Crippen molar-refractivity contribution in [3.05, 3.63) is 106 Å². The first kappa shape index (κ1) is 22.3. The largest absolute Gasteiger partial charge is 0.503 e. The topological polar surface area (TPSA) is 104 Å². The number of hydrogen-bond donors (Lipinski definition) is 1. The number of methoxy groups -OCH3 is 1. The summed E-state index contributed by atoms with van der Waals surface area (Å²) in [4.78, 5) is 28.3. The third-order valence-corrected chi connectivity index (χ3v) is 6.07. The van der Waals surface area contributed by atoms with Crippen LogP contribution in [0.3, 0.4) is 0 Å². The van der Waals surface area contributed by atoms with E-state index in [0.29, 0.717) is 38.6 Å². The molecule has 1 aliphatic rings. The van der Waals surface area contributed by atoms with Crippen LogP contribution in [0.25, 0.3) is 11.0 Å². The summed E-state index contributed by atoms with van der Waals surface area (Å²) in [5.74, 6) is -1.57. The molecule has 8 heteroatoms. The van der Waals surface area contributed by atoms with Crippen molar-refractivity contribution in [1.82, 2.24) is 0 Å². The summed E-state index contributed by atoms with van der Waals surface area (Å²) in [5, 5.41) is 21.2. The molecule has 5 rings (SSSR count). The highest BCUT2D eigenvalue weighted by Crippen LogP contribution is 2.43. The van der Waals surface area contributed by atoms with Gasteiger partial charge in [-0.05, 0) is 66.2 Å².